The molecule has 0 bridgehead atoms. The third kappa shape index (κ3) is 4.47. The monoisotopic (exact) mass is 421 g/mol. The van der Waals surface area contributed by atoms with Gasteiger partial charge in [0.2, 0.25) is 11.8 Å². The number of hydrogen-bond donors (Lipinski definition) is 1. The molecule has 152 valence electrons. The molecule has 0 atom stereocenters. The summed E-state index contributed by atoms with van der Waals surface area (Å²) in [6.07, 6.45) is 2.74. The van der Waals surface area contributed by atoms with Crippen LogP contribution in [0.1, 0.15) is 6.92 Å². The van der Waals surface area contributed by atoms with Crippen LogP contribution in [0.4, 0.5) is 5.95 Å². The third-order valence-electron chi connectivity index (χ3n) is 4.21. The van der Waals surface area contributed by atoms with Crippen molar-refractivity contribution in [1.82, 2.24) is 19.7 Å². The third-order valence-corrected chi connectivity index (χ3v) is 5.49. The van der Waals surface area contributed by atoms with Crippen LogP contribution in [-0.2, 0) is 16.6 Å². The van der Waals surface area contributed by atoms with Crippen molar-refractivity contribution in [3.05, 3.63) is 79.1 Å². The minimum Gasteiger partial charge on any atom is -0.439 e. The van der Waals surface area contributed by atoms with Gasteiger partial charge in [-0.25, -0.2) is 18.1 Å². The maximum atomic E-state index is 12.8. The summed E-state index contributed by atoms with van der Waals surface area (Å²) in [6.45, 7) is 2.43. The Hall–Kier alpha value is -3.72. The molecule has 2 heterocycles. The molecule has 0 unspecified atom stereocenters. The van der Waals surface area contributed by atoms with Gasteiger partial charge in [-0.1, -0.05) is 48.5 Å². The first-order chi connectivity index (χ1) is 14.5. The normalized spacial score (nSPS) is 11.2. The molecule has 4 rings (SSSR count). The minimum atomic E-state index is -3.91. The number of nitrogens with one attached hydrogen (secondary N) is 1. The summed E-state index contributed by atoms with van der Waals surface area (Å²) >= 11 is 0. The van der Waals surface area contributed by atoms with Crippen LogP contribution >= 0.6 is 0 Å². The Labute approximate surface area is 174 Å². The van der Waals surface area contributed by atoms with Gasteiger partial charge in [0.15, 0.2) is 0 Å². The SMILES string of the molecule is CCn1cc(S(=O)(=O)Nc2nc(Oc3ccccc3)cc(-c3ccccc3)n2)cn1. The van der Waals surface area contributed by atoms with Crippen LogP contribution < -0.4 is 9.46 Å². The smallest absolute Gasteiger partial charge is 0.267 e. The number of nitrogens with zero attached hydrogens (tertiary/aromatic N) is 4. The summed E-state index contributed by atoms with van der Waals surface area (Å²) in [6, 6.07) is 20.2. The number of benzene rings is 2. The van der Waals surface area contributed by atoms with Crippen LogP contribution in [0.3, 0.4) is 0 Å². The maximum absolute atomic E-state index is 12.8. The van der Waals surface area contributed by atoms with E-state index in [1.165, 1.54) is 17.1 Å². The Morgan fingerprint density at radius 3 is 2.37 bits per heavy atom. The number of ether oxygens (including phenoxy) is 1. The van der Waals surface area contributed by atoms with Crippen LogP contribution in [0, 0.1) is 0 Å². The van der Waals surface area contributed by atoms with Crippen molar-refractivity contribution in [2.75, 3.05) is 4.72 Å². The van der Waals surface area contributed by atoms with E-state index in [-0.39, 0.29) is 16.7 Å². The fourth-order valence-electron chi connectivity index (χ4n) is 2.72. The quantitative estimate of drug-likeness (QED) is 0.485. The molecule has 0 saturated carbocycles. The highest BCUT2D eigenvalue weighted by atomic mass is 32.2. The molecule has 0 spiro atoms. The van der Waals surface area contributed by atoms with Gasteiger partial charge < -0.3 is 4.74 Å². The van der Waals surface area contributed by atoms with E-state index in [0.29, 0.717) is 18.0 Å². The molecule has 2 aromatic carbocycles. The fourth-order valence-corrected chi connectivity index (χ4v) is 3.62. The van der Waals surface area contributed by atoms with E-state index in [0.717, 1.165) is 5.56 Å². The largest absolute Gasteiger partial charge is 0.439 e. The predicted molar refractivity (Wildman–Crippen MR) is 113 cm³/mol. The number of hydrogen-bond acceptors (Lipinski definition) is 6. The number of aryl methyl sites for hydroxylation is 1. The summed E-state index contributed by atoms with van der Waals surface area (Å²) in [5.74, 6) is 0.705. The number of rotatable bonds is 7. The van der Waals surface area contributed by atoms with Crippen molar-refractivity contribution in [1.29, 1.82) is 0 Å². The first kappa shape index (κ1) is 19.6. The number of para-hydroxylation sites is 1. The van der Waals surface area contributed by atoms with E-state index in [1.807, 2.05) is 55.5 Å². The molecule has 0 aliphatic carbocycles. The Balaban J connectivity index is 1.71. The van der Waals surface area contributed by atoms with E-state index in [4.69, 9.17) is 4.74 Å². The van der Waals surface area contributed by atoms with Gasteiger partial charge in [0.1, 0.15) is 10.6 Å². The topological polar surface area (TPSA) is 99.0 Å². The molecular weight excluding hydrogens is 402 g/mol. The first-order valence-corrected chi connectivity index (χ1v) is 10.7. The summed E-state index contributed by atoms with van der Waals surface area (Å²) in [4.78, 5) is 8.65. The molecule has 0 saturated heterocycles. The molecule has 0 fully saturated rings. The van der Waals surface area contributed by atoms with Gasteiger partial charge in [-0.15, -0.1) is 0 Å². The number of aromatic nitrogens is 4. The molecule has 0 radical (unpaired) electrons. The first-order valence-electron chi connectivity index (χ1n) is 9.26. The average Bonchev–Trinajstić information content (AvgIpc) is 3.25. The zero-order valence-electron chi connectivity index (χ0n) is 16.1. The lowest BCUT2D eigenvalue weighted by Gasteiger charge is -2.11. The van der Waals surface area contributed by atoms with Crippen molar-refractivity contribution in [3.63, 3.8) is 0 Å². The zero-order chi connectivity index (χ0) is 21.0. The average molecular weight is 421 g/mol. The molecule has 0 amide bonds. The van der Waals surface area contributed by atoms with Gasteiger partial charge in [0.25, 0.3) is 10.0 Å². The Kier molecular flexibility index (Phi) is 5.44. The second-order valence-corrected chi connectivity index (χ2v) is 8.02. The van der Waals surface area contributed by atoms with Gasteiger partial charge in [-0.2, -0.15) is 10.1 Å². The fraction of sp³-hybridized carbons (Fsp3) is 0.0952. The zero-order valence-corrected chi connectivity index (χ0v) is 17.0. The molecule has 4 aromatic rings. The highest BCUT2D eigenvalue weighted by Crippen LogP contribution is 2.26. The van der Waals surface area contributed by atoms with E-state index in [9.17, 15) is 8.42 Å². The highest BCUT2D eigenvalue weighted by molar-refractivity contribution is 7.92. The maximum Gasteiger partial charge on any atom is 0.267 e. The molecule has 0 aliphatic rings. The lowest BCUT2D eigenvalue weighted by atomic mass is 10.1. The molecule has 0 aliphatic heterocycles. The van der Waals surface area contributed by atoms with Crippen LogP contribution in [0.5, 0.6) is 11.6 Å². The van der Waals surface area contributed by atoms with Crippen molar-refractivity contribution >= 4 is 16.0 Å². The summed E-state index contributed by atoms with van der Waals surface area (Å²) in [5, 5.41) is 4.01. The molecule has 30 heavy (non-hydrogen) atoms. The second-order valence-electron chi connectivity index (χ2n) is 6.33. The molecule has 2 aromatic heterocycles. The summed E-state index contributed by atoms with van der Waals surface area (Å²) in [7, 11) is -3.91. The van der Waals surface area contributed by atoms with E-state index in [1.54, 1.807) is 18.2 Å². The van der Waals surface area contributed by atoms with Crippen molar-refractivity contribution in [2.45, 2.75) is 18.4 Å². The van der Waals surface area contributed by atoms with E-state index < -0.39 is 10.0 Å². The van der Waals surface area contributed by atoms with Crippen LogP contribution in [0.2, 0.25) is 0 Å². The lowest BCUT2D eigenvalue weighted by molar-refractivity contribution is 0.463. The minimum absolute atomic E-state index is 0.0311. The van der Waals surface area contributed by atoms with Crippen LogP contribution in [0.25, 0.3) is 11.3 Å². The molecule has 9 heteroatoms. The molecule has 1 N–H and O–H groups in total. The summed E-state index contributed by atoms with van der Waals surface area (Å²) in [5.41, 5.74) is 1.33. The van der Waals surface area contributed by atoms with Crippen molar-refractivity contribution < 1.29 is 13.2 Å². The predicted octanol–water partition coefficient (Wildman–Crippen LogP) is 3.95. The summed E-state index contributed by atoms with van der Waals surface area (Å²) < 4.78 is 35.3. The van der Waals surface area contributed by atoms with Crippen LogP contribution in [0.15, 0.2) is 84.0 Å². The standard InChI is InChI=1S/C21H19N5O3S/c1-2-26-15-18(14-22-26)30(27,28)25-21-23-19(16-9-5-3-6-10-16)13-20(24-21)29-17-11-7-4-8-12-17/h3-15H,2H2,1H3,(H,23,24,25). The second kappa shape index (κ2) is 8.34. The Bertz CT molecular complexity index is 1240. The van der Waals surface area contributed by atoms with Crippen molar-refractivity contribution in [3.8, 4) is 22.9 Å². The van der Waals surface area contributed by atoms with Gasteiger partial charge in [-0.3, -0.25) is 4.68 Å². The van der Waals surface area contributed by atoms with Gasteiger partial charge in [0.05, 0.1) is 11.9 Å². The Morgan fingerprint density at radius 1 is 1.00 bits per heavy atom. The molecule has 8 nitrogen and oxygen atoms in total. The van der Waals surface area contributed by atoms with Gasteiger partial charge in [-0.05, 0) is 19.1 Å². The van der Waals surface area contributed by atoms with Crippen molar-refractivity contribution in [2.24, 2.45) is 0 Å². The lowest BCUT2D eigenvalue weighted by Crippen LogP contribution is -2.15. The number of anilines is 1. The molecular formula is C21H19N5O3S. The Morgan fingerprint density at radius 2 is 1.70 bits per heavy atom. The van der Waals surface area contributed by atoms with Gasteiger partial charge >= 0.3 is 0 Å². The number of sulfonamides is 1. The highest BCUT2D eigenvalue weighted by Gasteiger charge is 2.19. The van der Waals surface area contributed by atoms with Crippen LogP contribution in [-0.4, -0.2) is 28.2 Å². The van der Waals surface area contributed by atoms with E-state index >= 15 is 0 Å². The van der Waals surface area contributed by atoms with E-state index in [2.05, 4.69) is 19.8 Å². The van der Waals surface area contributed by atoms with Gasteiger partial charge in [0, 0.05) is 24.4 Å².